The highest BCUT2D eigenvalue weighted by Gasteiger charge is 2.37. The molecule has 1 aliphatic rings. The molecular formula is C10H22N2. The molecule has 0 amide bonds. The van der Waals surface area contributed by atoms with Crippen molar-refractivity contribution in [3.63, 3.8) is 0 Å². The fourth-order valence-corrected chi connectivity index (χ4v) is 2.52. The average Bonchev–Trinajstić information content (AvgIpc) is 2.02. The molecule has 12 heavy (non-hydrogen) atoms. The van der Waals surface area contributed by atoms with Crippen molar-refractivity contribution in [1.82, 2.24) is 0 Å². The molecule has 0 aromatic heterocycles. The summed E-state index contributed by atoms with van der Waals surface area (Å²) in [5.41, 5.74) is 12.0. The summed E-state index contributed by atoms with van der Waals surface area (Å²) in [6, 6.07) is 0. The molecule has 0 saturated heterocycles. The number of rotatable bonds is 2. The van der Waals surface area contributed by atoms with Gasteiger partial charge in [0.25, 0.3) is 0 Å². The predicted molar refractivity (Wildman–Crippen MR) is 52.6 cm³/mol. The third-order valence-corrected chi connectivity index (χ3v) is 3.55. The van der Waals surface area contributed by atoms with Crippen LogP contribution in [0.2, 0.25) is 0 Å². The van der Waals surface area contributed by atoms with Gasteiger partial charge in [-0.05, 0) is 31.1 Å². The van der Waals surface area contributed by atoms with Crippen LogP contribution in [0.1, 0.15) is 52.4 Å². The van der Waals surface area contributed by atoms with Crippen LogP contribution in [0.5, 0.6) is 0 Å². The lowest BCUT2D eigenvalue weighted by atomic mass is 9.67. The highest BCUT2D eigenvalue weighted by atomic mass is 15.0. The monoisotopic (exact) mass is 170 g/mol. The second-order valence-corrected chi connectivity index (χ2v) is 4.47. The summed E-state index contributed by atoms with van der Waals surface area (Å²) >= 11 is 0. The largest absolute Gasteiger partial charge is 0.313 e. The second-order valence-electron chi connectivity index (χ2n) is 4.47. The van der Waals surface area contributed by atoms with E-state index in [9.17, 15) is 0 Å². The molecule has 0 aliphatic heterocycles. The van der Waals surface area contributed by atoms with E-state index in [1.54, 1.807) is 0 Å². The Labute approximate surface area is 75.7 Å². The van der Waals surface area contributed by atoms with Gasteiger partial charge in [-0.15, -0.1) is 0 Å². The first kappa shape index (κ1) is 10.0. The van der Waals surface area contributed by atoms with Gasteiger partial charge in [0, 0.05) is 0 Å². The van der Waals surface area contributed by atoms with E-state index in [2.05, 4.69) is 13.8 Å². The zero-order valence-corrected chi connectivity index (χ0v) is 8.40. The summed E-state index contributed by atoms with van der Waals surface area (Å²) < 4.78 is 0. The Morgan fingerprint density at radius 2 is 1.67 bits per heavy atom. The van der Waals surface area contributed by atoms with Crippen LogP contribution in [0.15, 0.2) is 0 Å². The molecule has 2 heteroatoms. The third-order valence-electron chi connectivity index (χ3n) is 3.55. The molecule has 2 nitrogen and oxygen atoms in total. The van der Waals surface area contributed by atoms with E-state index >= 15 is 0 Å². The Balaban J connectivity index is 2.65. The molecule has 4 N–H and O–H groups in total. The quantitative estimate of drug-likeness (QED) is 0.623. The molecule has 1 fully saturated rings. The summed E-state index contributed by atoms with van der Waals surface area (Å²) in [6.45, 7) is 4.51. The molecule has 1 rings (SSSR count). The van der Waals surface area contributed by atoms with Gasteiger partial charge in [-0.2, -0.15) is 0 Å². The molecule has 0 atom stereocenters. The second kappa shape index (κ2) is 3.35. The maximum atomic E-state index is 5.98. The van der Waals surface area contributed by atoms with Crippen LogP contribution in [-0.2, 0) is 0 Å². The van der Waals surface area contributed by atoms with E-state index in [1.165, 1.54) is 25.7 Å². The Bertz CT molecular complexity index is 148. The molecule has 0 heterocycles. The van der Waals surface area contributed by atoms with Gasteiger partial charge in [-0.3, -0.25) is 0 Å². The van der Waals surface area contributed by atoms with Crippen LogP contribution in [-0.4, -0.2) is 5.66 Å². The molecule has 0 unspecified atom stereocenters. The van der Waals surface area contributed by atoms with Gasteiger partial charge in [0.15, 0.2) is 0 Å². The van der Waals surface area contributed by atoms with Gasteiger partial charge in [0.1, 0.15) is 0 Å². The minimum atomic E-state index is -0.385. The Hall–Kier alpha value is -0.0800. The number of nitrogens with two attached hydrogens (primary N) is 2. The SMILES string of the molecule is CCC1(CC)CCCC(N)(N)C1. The van der Waals surface area contributed by atoms with E-state index in [1.807, 2.05) is 0 Å². The number of hydrogen-bond donors (Lipinski definition) is 2. The zero-order valence-electron chi connectivity index (χ0n) is 8.40. The fourth-order valence-electron chi connectivity index (χ4n) is 2.52. The minimum Gasteiger partial charge on any atom is -0.313 e. The van der Waals surface area contributed by atoms with Crippen molar-refractivity contribution < 1.29 is 0 Å². The first-order valence-electron chi connectivity index (χ1n) is 5.11. The highest BCUT2D eigenvalue weighted by molar-refractivity contribution is 4.92. The fraction of sp³-hybridized carbons (Fsp3) is 1.00. The molecule has 1 saturated carbocycles. The summed E-state index contributed by atoms with van der Waals surface area (Å²) in [6.07, 6.45) is 6.96. The van der Waals surface area contributed by atoms with Crippen molar-refractivity contribution in [3.05, 3.63) is 0 Å². The summed E-state index contributed by atoms with van der Waals surface area (Å²) in [7, 11) is 0. The summed E-state index contributed by atoms with van der Waals surface area (Å²) in [5, 5.41) is 0. The predicted octanol–water partition coefficient (Wildman–Crippen LogP) is 1.98. The van der Waals surface area contributed by atoms with Crippen LogP contribution in [0.4, 0.5) is 0 Å². The van der Waals surface area contributed by atoms with E-state index in [4.69, 9.17) is 11.5 Å². The van der Waals surface area contributed by atoms with Crippen molar-refractivity contribution in [3.8, 4) is 0 Å². The van der Waals surface area contributed by atoms with Crippen LogP contribution in [0, 0.1) is 5.41 Å². The van der Waals surface area contributed by atoms with Crippen molar-refractivity contribution in [2.24, 2.45) is 16.9 Å². The zero-order chi connectivity index (χ0) is 9.24. The van der Waals surface area contributed by atoms with Gasteiger partial charge in [-0.25, -0.2) is 0 Å². The molecule has 0 radical (unpaired) electrons. The Kier molecular flexibility index (Phi) is 2.79. The van der Waals surface area contributed by atoms with E-state index in [0.717, 1.165) is 12.8 Å². The third kappa shape index (κ3) is 1.99. The Morgan fingerprint density at radius 1 is 1.08 bits per heavy atom. The normalized spacial score (nSPS) is 27.0. The highest BCUT2D eigenvalue weighted by Crippen LogP contribution is 2.43. The van der Waals surface area contributed by atoms with Gasteiger partial charge in [0.2, 0.25) is 0 Å². The lowest BCUT2D eigenvalue weighted by Gasteiger charge is -2.43. The van der Waals surface area contributed by atoms with Crippen molar-refractivity contribution in [2.75, 3.05) is 0 Å². The minimum absolute atomic E-state index is 0.385. The standard InChI is InChI=1S/C10H22N2/c1-3-9(4-2)6-5-7-10(11,12)8-9/h3-8,11-12H2,1-2H3. The van der Waals surface area contributed by atoms with E-state index < -0.39 is 0 Å². The molecule has 0 spiro atoms. The molecule has 0 bridgehead atoms. The molecule has 0 aromatic rings. The number of hydrogen-bond acceptors (Lipinski definition) is 2. The van der Waals surface area contributed by atoms with E-state index in [0.29, 0.717) is 5.41 Å². The van der Waals surface area contributed by atoms with Gasteiger partial charge in [0.05, 0.1) is 5.66 Å². The maximum absolute atomic E-state index is 5.98. The maximum Gasteiger partial charge on any atom is 0.0641 e. The Morgan fingerprint density at radius 3 is 2.00 bits per heavy atom. The van der Waals surface area contributed by atoms with Gasteiger partial charge in [-0.1, -0.05) is 26.7 Å². The topological polar surface area (TPSA) is 52.0 Å². The molecule has 72 valence electrons. The van der Waals surface area contributed by atoms with Crippen molar-refractivity contribution in [1.29, 1.82) is 0 Å². The summed E-state index contributed by atoms with van der Waals surface area (Å²) in [4.78, 5) is 0. The lowest BCUT2D eigenvalue weighted by Crippen LogP contribution is -2.55. The van der Waals surface area contributed by atoms with Gasteiger partial charge >= 0.3 is 0 Å². The van der Waals surface area contributed by atoms with Crippen molar-refractivity contribution in [2.45, 2.75) is 58.0 Å². The summed E-state index contributed by atoms with van der Waals surface area (Å²) in [5.74, 6) is 0. The van der Waals surface area contributed by atoms with Crippen LogP contribution < -0.4 is 11.5 Å². The first-order valence-corrected chi connectivity index (χ1v) is 5.11. The lowest BCUT2D eigenvalue weighted by molar-refractivity contribution is 0.107. The van der Waals surface area contributed by atoms with Crippen LogP contribution >= 0.6 is 0 Å². The van der Waals surface area contributed by atoms with E-state index in [-0.39, 0.29) is 5.66 Å². The molecule has 0 aromatic carbocycles. The first-order chi connectivity index (χ1) is 5.54. The molecule has 1 aliphatic carbocycles. The smallest absolute Gasteiger partial charge is 0.0641 e. The average molecular weight is 170 g/mol. The van der Waals surface area contributed by atoms with Crippen LogP contribution in [0.3, 0.4) is 0 Å². The van der Waals surface area contributed by atoms with Gasteiger partial charge < -0.3 is 11.5 Å². The van der Waals surface area contributed by atoms with Crippen molar-refractivity contribution >= 4 is 0 Å². The van der Waals surface area contributed by atoms with Crippen LogP contribution in [0.25, 0.3) is 0 Å². The molecular weight excluding hydrogens is 148 g/mol.